The number of nitrogens with zero attached hydrogens (tertiary/aromatic N) is 2. The normalized spacial score (nSPS) is 9.00. The van der Waals surface area contributed by atoms with Crippen LogP contribution in [0.2, 0.25) is 0 Å². The summed E-state index contributed by atoms with van der Waals surface area (Å²) in [6, 6.07) is 0. The standard InChI is InChI=1S/C3H2N2O2S/c6-3(7)2-1-4-5-8-2/h1H,(H,6,7)/p-1. The Hall–Kier alpha value is -0.970. The van der Waals surface area contributed by atoms with Gasteiger partial charge >= 0.3 is 0 Å². The number of carbonyl (C=O) groups is 1. The van der Waals surface area contributed by atoms with Gasteiger partial charge in [-0.3, -0.25) is 0 Å². The second-order valence-electron chi connectivity index (χ2n) is 1.07. The minimum atomic E-state index is -1.22. The molecule has 0 radical (unpaired) electrons. The van der Waals surface area contributed by atoms with E-state index in [-0.39, 0.29) is 4.88 Å². The van der Waals surface area contributed by atoms with E-state index in [0.717, 1.165) is 17.7 Å². The van der Waals surface area contributed by atoms with Gasteiger partial charge in [-0.05, 0) is 11.5 Å². The van der Waals surface area contributed by atoms with Crippen molar-refractivity contribution >= 4 is 17.5 Å². The van der Waals surface area contributed by atoms with Crippen molar-refractivity contribution in [2.75, 3.05) is 0 Å². The number of carbonyl (C=O) groups excluding carboxylic acids is 1. The fourth-order valence-corrected chi connectivity index (χ4v) is 0.608. The van der Waals surface area contributed by atoms with Gasteiger partial charge in [0, 0.05) is 0 Å². The largest absolute Gasteiger partial charge is 0.544 e. The maximum atomic E-state index is 9.88. The fraction of sp³-hybridized carbons (Fsp3) is 0. The monoisotopic (exact) mass is 129 g/mol. The molecule has 0 amide bonds. The molecule has 0 aliphatic carbocycles. The molecule has 1 aromatic heterocycles. The molecule has 42 valence electrons. The van der Waals surface area contributed by atoms with E-state index in [2.05, 4.69) is 9.59 Å². The van der Waals surface area contributed by atoms with Crippen LogP contribution in [0.5, 0.6) is 0 Å². The first kappa shape index (κ1) is 5.17. The van der Waals surface area contributed by atoms with Gasteiger partial charge in [0.1, 0.15) is 0 Å². The Balaban J connectivity index is 2.93. The topological polar surface area (TPSA) is 65.9 Å². The lowest BCUT2D eigenvalue weighted by molar-refractivity contribution is -0.254. The molecule has 0 fully saturated rings. The Kier molecular flexibility index (Phi) is 1.21. The molecule has 8 heavy (non-hydrogen) atoms. The quantitative estimate of drug-likeness (QED) is 0.482. The van der Waals surface area contributed by atoms with Crippen molar-refractivity contribution in [3.63, 3.8) is 0 Å². The zero-order chi connectivity index (χ0) is 5.98. The molecule has 0 saturated carbocycles. The Morgan fingerprint density at radius 1 is 1.88 bits per heavy atom. The molecule has 0 N–H and O–H groups in total. The first-order valence-corrected chi connectivity index (χ1v) is 2.57. The summed E-state index contributed by atoms with van der Waals surface area (Å²) in [6.07, 6.45) is 1.15. The van der Waals surface area contributed by atoms with Crippen molar-refractivity contribution in [2.24, 2.45) is 0 Å². The Labute approximate surface area is 48.9 Å². The molecule has 1 heterocycles. The Bertz CT molecular complexity index is 183. The van der Waals surface area contributed by atoms with Crippen molar-refractivity contribution in [3.8, 4) is 0 Å². The molecular formula is C3HN2O2S-. The summed E-state index contributed by atoms with van der Waals surface area (Å²) in [5.74, 6) is -1.22. The van der Waals surface area contributed by atoms with E-state index in [4.69, 9.17) is 0 Å². The third-order valence-electron chi connectivity index (χ3n) is 0.562. The molecule has 0 aromatic carbocycles. The van der Waals surface area contributed by atoms with Crippen LogP contribution in [0, 0.1) is 0 Å². The summed E-state index contributed by atoms with van der Waals surface area (Å²) in [5, 5.41) is 13.2. The lowest BCUT2D eigenvalue weighted by atomic mass is 10.6. The third kappa shape index (κ3) is 0.812. The number of hydrogen-bond acceptors (Lipinski definition) is 5. The molecule has 1 aromatic rings. The Morgan fingerprint density at radius 2 is 2.62 bits per heavy atom. The molecule has 0 spiro atoms. The molecule has 4 nitrogen and oxygen atoms in total. The molecular weight excluding hydrogens is 128 g/mol. The summed E-state index contributed by atoms with van der Waals surface area (Å²) < 4.78 is 3.31. The van der Waals surface area contributed by atoms with Gasteiger partial charge in [-0.2, -0.15) is 0 Å². The first-order chi connectivity index (χ1) is 3.80. The molecule has 5 heteroatoms. The van der Waals surface area contributed by atoms with Crippen LogP contribution in [-0.4, -0.2) is 15.6 Å². The zero-order valence-electron chi connectivity index (χ0n) is 3.70. The second kappa shape index (κ2) is 1.87. The van der Waals surface area contributed by atoms with Gasteiger partial charge in [-0.15, -0.1) is 5.10 Å². The number of rotatable bonds is 1. The van der Waals surface area contributed by atoms with Crippen LogP contribution in [-0.2, 0) is 0 Å². The van der Waals surface area contributed by atoms with Gasteiger partial charge in [0.2, 0.25) is 0 Å². The highest BCUT2D eigenvalue weighted by molar-refractivity contribution is 7.07. The van der Waals surface area contributed by atoms with Gasteiger partial charge in [-0.1, -0.05) is 4.49 Å². The van der Waals surface area contributed by atoms with Crippen molar-refractivity contribution in [1.82, 2.24) is 9.59 Å². The number of carboxylic acids is 1. The summed E-state index contributed by atoms with van der Waals surface area (Å²) in [6.45, 7) is 0. The summed E-state index contributed by atoms with van der Waals surface area (Å²) in [4.78, 5) is 9.94. The van der Waals surface area contributed by atoms with Gasteiger partial charge in [0.05, 0.1) is 17.0 Å². The highest BCUT2D eigenvalue weighted by atomic mass is 32.1. The molecule has 0 bridgehead atoms. The van der Waals surface area contributed by atoms with Crippen molar-refractivity contribution < 1.29 is 9.90 Å². The molecule has 0 aliphatic heterocycles. The van der Waals surface area contributed by atoms with Crippen LogP contribution in [0.25, 0.3) is 0 Å². The van der Waals surface area contributed by atoms with Crippen LogP contribution < -0.4 is 5.11 Å². The number of aromatic nitrogens is 2. The van der Waals surface area contributed by atoms with E-state index in [1.54, 1.807) is 0 Å². The smallest absolute Gasteiger partial charge is 0.0908 e. The van der Waals surface area contributed by atoms with Gasteiger partial charge in [0.25, 0.3) is 0 Å². The van der Waals surface area contributed by atoms with Crippen LogP contribution in [0.4, 0.5) is 0 Å². The van der Waals surface area contributed by atoms with Crippen LogP contribution >= 0.6 is 11.5 Å². The lowest BCUT2D eigenvalue weighted by Crippen LogP contribution is -2.20. The average molecular weight is 129 g/mol. The van der Waals surface area contributed by atoms with E-state index in [1.807, 2.05) is 0 Å². The van der Waals surface area contributed by atoms with E-state index in [9.17, 15) is 9.90 Å². The molecule has 0 saturated heterocycles. The van der Waals surface area contributed by atoms with E-state index >= 15 is 0 Å². The molecule has 0 atom stereocenters. The number of aromatic carboxylic acids is 1. The average Bonchev–Trinajstić information content (AvgIpc) is 2.12. The fourth-order valence-electron chi connectivity index (χ4n) is 0.257. The number of carboxylic acid groups (broad SMARTS) is 1. The minimum Gasteiger partial charge on any atom is -0.544 e. The van der Waals surface area contributed by atoms with Crippen LogP contribution in [0.3, 0.4) is 0 Å². The van der Waals surface area contributed by atoms with Gasteiger partial charge < -0.3 is 9.90 Å². The van der Waals surface area contributed by atoms with Crippen molar-refractivity contribution in [3.05, 3.63) is 11.1 Å². The maximum absolute atomic E-state index is 9.88. The predicted octanol–water partition coefficient (Wildman–Crippen LogP) is -1.10. The third-order valence-corrected chi connectivity index (χ3v) is 1.21. The second-order valence-corrected chi connectivity index (χ2v) is 1.85. The minimum absolute atomic E-state index is 0.0602. The van der Waals surface area contributed by atoms with Crippen molar-refractivity contribution in [1.29, 1.82) is 0 Å². The highest BCUT2D eigenvalue weighted by Gasteiger charge is 1.92. The zero-order valence-corrected chi connectivity index (χ0v) is 4.51. The molecule has 0 aliphatic rings. The Morgan fingerprint density at radius 3 is 2.88 bits per heavy atom. The van der Waals surface area contributed by atoms with Gasteiger partial charge in [0.15, 0.2) is 0 Å². The maximum Gasteiger partial charge on any atom is 0.0908 e. The van der Waals surface area contributed by atoms with Crippen molar-refractivity contribution in [2.45, 2.75) is 0 Å². The summed E-state index contributed by atoms with van der Waals surface area (Å²) in [7, 11) is 0. The van der Waals surface area contributed by atoms with Crippen LogP contribution in [0.1, 0.15) is 9.67 Å². The number of hydrogen-bond donors (Lipinski definition) is 0. The van der Waals surface area contributed by atoms with E-state index < -0.39 is 5.97 Å². The predicted molar refractivity (Wildman–Crippen MR) is 24.2 cm³/mol. The van der Waals surface area contributed by atoms with Gasteiger partial charge in [-0.25, -0.2) is 0 Å². The highest BCUT2D eigenvalue weighted by Crippen LogP contribution is 1.97. The summed E-state index contributed by atoms with van der Waals surface area (Å²) >= 11 is 0.808. The lowest BCUT2D eigenvalue weighted by Gasteiger charge is -1.88. The van der Waals surface area contributed by atoms with Crippen LogP contribution in [0.15, 0.2) is 6.20 Å². The summed E-state index contributed by atoms with van der Waals surface area (Å²) in [5.41, 5.74) is 0. The van der Waals surface area contributed by atoms with E-state index in [0.29, 0.717) is 0 Å². The molecule has 0 unspecified atom stereocenters. The molecule has 1 rings (SSSR count). The first-order valence-electron chi connectivity index (χ1n) is 1.79. The van der Waals surface area contributed by atoms with E-state index in [1.165, 1.54) is 0 Å². The SMILES string of the molecule is O=C([O-])c1cnns1.